The second-order valence-electron chi connectivity index (χ2n) is 7.00. The van der Waals surface area contributed by atoms with Gasteiger partial charge in [-0.15, -0.1) is 0 Å². The summed E-state index contributed by atoms with van der Waals surface area (Å²) in [5, 5.41) is 0. The van der Waals surface area contributed by atoms with Gasteiger partial charge in [-0.2, -0.15) is 0 Å². The van der Waals surface area contributed by atoms with E-state index in [1.807, 2.05) is 32.0 Å². The molecule has 9 heteroatoms. The number of methoxy groups -OCH3 is 1. The number of para-hydroxylation sites is 1. The number of nitrogens with zero attached hydrogens (tertiary/aromatic N) is 1. The van der Waals surface area contributed by atoms with E-state index in [9.17, 15) is 16.8 Å². The number of hydrogen-bond donors (Lipinski definition) is 1. The summed E-state index contributed by atoms with van der Waals surface area (Å²) in [6, 6.07) is 10.0. The van der Waals surface area contributed by atoms with Gasteiger partial charge in [-0.1, -0.05) is 25.1 Å². The minimum absolute atomic E-state index is 0.0580. The molecule has 0 spiro atoms. The highest BCUT2D eigenvalue weighted by molar-refractivity contribution is 7.93. The van der Waals surface area contributed by atoms with Crippen molar-refractivity contribution in [2.24, 2.45) is 0 Å². The summed E-state index contributed by atoms with van der Waals surface area (Å²) in [4.78, 5) is -0.0939. The van der Waals surface area contributed by atoms with Gasteiger partial charge in [0.1, 0.15) is 10.6 Å². The Kier molecular flexibility index (Phi) is 6.09. The monoisotopic (exact) mass is 438 g/mol. The molecule has 158 valence electrons. The number of ether oxygens (including phenoxy) is 1. The van der Waals surface area contributed by atoms with Gasteiger partial charge >= 0.3 is 0 Å². The molecule has 0 atom stereocenters. The first-order valence-corrected chi connectivity index (χ1v) is 12.6. The van der Waals surface area contributed by atoms with Crippen LogP contribution in [0.15, 0.2) is 41.3 Å². The van der Waals surface area contributed by atoms with Gasteiger partial charge in [0.05, 0.1) is 24.2 Å². The minimum Gasteiger partial charge on any atom is -0.495 e. The Morgan fingerprint density at radius 2 is 1.93 bits per heavy atom. The fourth-order valence-corrected chi connectivity index (χ4v) is 6.46. The van der Waals surface area contributed by atoms with E-state index in [1.54, 1.807) is 6.07 Å². The van der Waals surface area contributed by atoms with Crippen molar-refractivity contribution in [2.75, 3.05) is 28.4 Å². The van der Waals surface area contributed by atoms with Crippen LogP contribution in [0.5, 0.6) is 5.75 Å². The molecule has 0 aliphatic carbocycles. The smallest absolute Gasteiger partial charge is 0.265 e. The number of rotatable bonds is 6. The SMILES string of the molecule is CCc1cccc(C)c1NS(=O)(=O)c1cc(N2CCCCS2(=O)=O)ccc1OC. The van der Waals surface area contributed by atoms with E-state index in [-0.39, 0.29) is 16.4 Å². The third kappa shape index (κ3) is 4.35. The molecular formula is C20H26N2O5S2. The number of anilines is 2. The van der Waals surface area contributed by atoms with Crippen molar-refractivity contribution in [1.29, 1.82) is 0 Å². The molecule has 0 unspecified atom stereocenters. The summed E-state index contributed by atoms with van der Waals surface area (Å²) in [7, 11) is -6.08. The van der Waals surface area contributed by atoms with Gasteiger partial charge in [0.2, 0.25) is 10.0 Å². The molecule has 1 N–H and O–H groups in total. The average Bonchev–Trinajstić information content (AvgIpc) is 2.68. The van der Waals surface area contributed by atoms with Gasteiger partial charge in [-0.3, -0.25) is 9.03 Å². The van der Waals surface area contributed by atoms with Crippen molar-refractivity contribution < 1.29 is 21.6 Å². The zero-order chi connectivity index (χ0) is 21.2. The van der Waals surface area contributed by atoms with Gasteiger partial charge in [-0.25, -0.2) is 16.8 Å². The predicted molar refractivity (Wildman–Crippen MR) is 115 cm³/mol. The van der Waals surface area contributed by atoms with Crippen molar-refractivity contribution in [3.63, 3.8) is 0 Å². The first-order valence-electron chi connectivity index (χ1n) is 9.49. The molecule has 0 saturated carbocycles. The molecule has 3 rings (SSSR count). The number of nitrogens with one attached hydrogen (secondary N) is 1. The van der Waals surface area contributed by atoms with Crippen LogP contribution in [-0.2, 0) is 26.5 Å². The molecule has 0 radical (unpaired) electrons. The maximum absolute atomic E-state index is 13.2. The Labute approximate surface area is 172 Å². The fraction of sp³-hybridized carbons (Fsp3) is 0.400. The molecule has 29 heavy (non-hydrogen) atoms. The first-order chi connectivity index (χ1) is 13.7. The largest absolute Gasteiger partial charge is 0.495 e. The lowest BCUT2D eigenvalue weighted by atomic mass is 10.1. The van der Waals surface area contributed by atoms with Crippen LogP contribution in [0.3, 0.4) is 0 Å². The lowest BCUT2D eigenvalue weighted by molar-refractivity contribution is 0.403. The highest BCUT2D eigenvalue weighted by Gasteiger charge is 2.29. The van der Waals surface area contributed by atoms with Crippen LogP contribution in [0.4, 0.5) is 11.4 Å². The third-order valence-electron chi connectivity index (χ3n) is 5.05. The maximum Gasteiger partial charge on any atom is 0.265 e. The minimum atomic E-state index is -4.01. The molecule has 1 fully saturated rings. The highest BCUT2D eigenvalue weighted by Crippen LogP contribution is 2.34. The summed E-state index contributed by atoms with van der Waals surface area (Å²) in [5.74, 6) is 0.213. The predicted octanol–water partition coefficient (Wildman–Crippen LogP) is 3.30. The Bertz CT molecular complexity index is 1110. The van der Waals surface area contributed by atoms with E-state index in [1.165, 1.54) is 23.5 Å². The van der Waals surface area contributed by atoms with Crippen LogP contribution in [-0.4, -0.2) is 36.2 Å². The number of benzene rings is 2. The molecular weight excluding hydrogens is 412 g/mol. The normalized spacial score (nSPS) is 16.4. The van der Waals surface area contributed by atoms with E-state index < -0.39 is 20.0 Å². The van der Waals surface area contributed by atoms with Gasteiger partial charge < -0.3 is 4.74 Å². The summed E-state index contributed by atoms with van der Waals surface area (Å²) in [5.41, 5.74) is 2.54. The van der Waals surface area contributed by atoms with E-state index in [2.05, 4.69) is 4.72 Å². The van der Waals surface area contributed by atoms with Gasteiger partial charge in [0, 0.05) is 6.54 Å². The second kappa shape index (κ2) is 8.23. The number of sulfonamides is 2. The van der Waals surface area contributed by atoms with Crippen LogP contribution in [0, 0.1) is 6.92 Å². The molecule has 0 amide bonds. The summed E-state index contributed by atoms with van der Waals surface area (Å²) in [6.07, 6.45) is 2.01. The van der Waals surface area contributed by atoms with E-state index in [4.69, 9.17) is 4.74 Å². The van der Waals surface area contributed by atoms with Crippen LogP contribution in [0.1, 0.15) is 30.9 Å². The van der Waals surface area contributed by atoms with Crippen LogP contribution in [0.25, 0.3) is 0 Å². The van der Waals surface area contributed by atoms with Gasteiger partial charge in [0.15, 0.2) is 0 Å². The Morgan fingerprint density at radius 1 is 1.17 bits per heavy atom. The van der Waals surface area contributed by atoms with Crippen molar-refractivity contribution in [1.82, 2.24) is 0 Å². The number of hydrogen-bond acceptors (Lipinski definition) is 5. The van der Waals surface area contributed by atoms with Crippen molar-refractivity contribution in [2.45, 2.75) is 38.0 Å². The molecule has 7 nitrogen and oxygen atoms in total. The van der Waals surface area contributed by atoms with Crippen molar-refractivity contribution in [3.05, 3.63) is 47.5 Å². The second-order valence-corrected chi connectivity index (χ2v) is 10.7. The molecule has 1 heterocycles. The molecule has 0 aromatic heterocycles. The van der Waals surface area contributed by atoms with E-state index in [0.29, 0.717) is 30.8 Å². The first kappa shape index (κ1) is 21.4. The molecule has 1 aliphatic heterocycles. The van der Waals surface area contributed by atoms with Crippen LogP contribution >= 0.6 is 0 Å². The Hall–Kier alpha value is -2.26. The number of aryl methyl sites for hydroxylation is 2. The van der Waals surface area contributed by atoms with E-state index >= 15 is 0 Å². The van der Waals surface area contributed by atoms with Crippen LogP contribution < -0.4 is 13.8 Å². The topological polar surface area (TPSA) is 92.8 Å². The zero-order valence-electron chi connectivity index (χ0n) is 16.8. The van der Waals surface area contributed by atoms with Gasteiger partial charge in [-0.05, 0) is 55.5 Å². The van der Waals surface area contributed by atoms with Crippen LogP contribution in [0.2, 0.25) is 0 Å². The van der Waals surface area contributed by atoms with E-state index in [0.717, 1.165) is 17.5 Å². The van der Waals surface area contributed by atoms with Crippen molar-refractivity contribution >= 4 is 31.4 Å². The zero-order valence-corrected chi connectivity index (χ0v) is 18.4. The fourth-order valence-electron chi connectivity index (χ4n) is 3.47. The third-order valence-corrected chi connectivity index (χ3v) is 8.29. The highest BCUT2D eigenvalue weighted by atomic mass is 32.2. The molecule has 2 aromatic carbocycles. The van der Waals surface area contributed by atoms with Gasteiger partial charge in [0.25, 0.3) is 10.0 Å². The quantitative estimate of drug-likeness (QED) is 0.747. The lowest BCUT2D eigenvalue weighted by Gasteiger charge is -2.28. The molecule has 1 saturated heterocycles. The maximum atomic E-state index is 13.2. The molecule has 1 aliphatic rings. The summed E-state index contributed by atoms with van der Waals surface area (Å²) in [6.45, 7) is 4.12. The van der Waals surface area contributed by atoms with Crippen molar-refractivity contribution in [3.8, 4) is 5.75 Å². The molecule has 2 aromatic rings. The average molecular weight is 439 g/mol. The molecule has 0 bridgehead atoms. The Morgan fingerprint density at radius 3 is 2.59 bits per heavy atom. The summed E-state index contributed by atoms with van der Waals surface area (Å²) >= 11 is 0. The standard InChI is InChI=1S/C20H26N2O5S2/c1-4-16-9-7-8-15(2)20(16)21-29(25,26)19-14-17(10-11-18(19)27-3)22-12-5-6-13-28(22,23)24/h7-11,14,21H,4-6,12-13H2,1-3H3. The Balaban J connectivity index is 2.07. The lowest BCUT2D eigenvalue weighted by Crippen LogP contribution is -2.37. The summed E-state index contributed by atoms with van der Waals surface area (Å²) < 4.78 is 60.6.